The number of fused-ring (bicyclic) bond motifs is 31. The first-order valence-corrected chi connectivity index (χ1v) is 48.3. The Labute approximate surface area is 787 Å². The fourth-order valence-corrected chi connectivity index (χ4v) is 27.3. The average molecular weight is 1720 g/mol. The molecule has 0 fully saturated rings. The zero-order valence-electron chi connectivity index (χ0n) is 75.0. The molecule has 0 bridgehead atoms. The smallest absolute Gasteiger partial charge is 0.0619 e. The molecule has 0 heterocycles. The van der Waals surface area contributed by atoms with E-state index in [2.05, 4.69) is 451 Å². The maximum Gasteiger partial charge on any atom is 0.0738 e. The van der Waals surface area contributed by atoms with Crippen molar-refractivity contribution in [3.05, 3.63) is 513 Å². The monoisotopic (exact) mass is 1710 g/mol. The Morgan fingerprint density at radius 1 is 0.199 bits per heavy atom. The van der Waals surface area contributed by atoms with Crippen molar-refractivity contribution in [2.45, 2.75) is 37.5 Å². The van der Waals surface area contributed by atoms with Crippen molar-refractivity contribution in [3.63, 3.8) is 0 Å². The van der Waals surface area contributed by atoms with Gasteiger partial charge < -0.3 is 0 Å². The van der Waals surface area contributed by atoms with Crippen LogP contribution in [-0.2, 0) is 23.7 Å². The molecule has 1 atom stereocenters. The molecule has 7 aliphatic carbocycles. The summed E-state index contributed by atoms with van der Waals surface area (Å²) in [5.74, 6) is 0. The first-order chi connectivity index (χ1) is 67.2. The van der Waals surface area contributed by atoms with E-state index in [1.165, 1.54) is 313 Å². The van der Waals surface area contributed by atoms with Crippen LogP contribution in [0.3, 0.4) is 0 Å². The van der Waals surface area contributed by atoms with Gasteiger partial charge in [0.1, 0.15) is 0 Å². The van der Waals surface area contributed by atoms with Crippen LogP contribution in [0.15, 0.2) is 425 Å². The van der Waals surface area contributed by atoms with E-state index in [9.17, 15) is 0 Å². The summed E-state index contributed by atoms with van der Waals surface area (Å²) < 4.78 is 0. The van der Waals surface area contributed by atoms with Crippen LogP contribution in [0.2, 0.25) is 0 Å². The van der Waals surface area contributed by atoms with Gasteiger partial charge in [0, 0.05) is 5.41 Å². The standard InChI is InChI=1S/C136H82/c1-135(2)119-56-18-17-44-101(119)107-52-24-55-111(132(107)135)130-131-126(106-51-23-46-95-91-40-12-8-32-86(91)73-114(95)106)127(108-53-20-35-78-59-60-89-70-82-29-4-6-31-84(82)72-113(89)122(78)108)128(109-66-63-80-37-19-49-103-97-43-15-16-45-104(97)125(109)124(80)103)129(105-50-22-38-85-69-81-28-3-5-30-83(81)71-112(85)105)134(131)136(120-57-25-47-94-90-39-11-7-27-77(90)61-65-102(94)120,133(130)110-54-21-36-79-62-64-99-93-42-14-10-34-88(93)75-118(99)123(79)110)121-58-26-48-96-100-68-67-98-92-41-13-9-33-87(92)74-115(98)116(100)76-117(96)121/h3-72,74,76H,73,75H2,1-2H3. The Hall–Kier alpha value is -16.9. The lowest BCUT2D eigenvalue weighted by Gasteiger charge is -2.41. The average Bonchev–Trinajstić information content (AvgIpc) is 1.48. The molecule has 0 radical (unpaired) electrons. The molecule has 31 rings (SSSR count). The van der Waals surface area contributed by atoms with E-state index < -0.39 is 10.8 Å². The maximum atomic E-state index is 2.69. The van der Waals surface area contributed by atoms with Gasteiger partial charge in [-0.25, -0.2) is 0 Å². The van der Waals surface area contributed by atoms with Crippen molar-refractivity contribution in [3.8, 4) is 122 Å². The molecule has 136 heavy (non-hydrogen) atoms. The SMILES string of the molecule is CC1(C)c2ccccc2-c2cccc(C3=C(c4cccc5ccc6c(c45)Cc4ccccc4-6)C(c4cccc5c4C=c4c-5ccc5c4=Cc4ccccc4-5)(c4cccc5c4ccc4ccccc45)c4c3c(-c3cccc5c3Cc3ccccc3-5)c(-c3cccc5ccc6cc7ccccc7cc6c35)c(-c3ccc5cccc6c5c3-c3ccccc3-6)c4-c3cccc4cc5ccccc5cc34)c21. The highest BCUT2D eigenvalue weighted by Gasteiger charge is 2.57. The second-order valence-corrected chi connectivity index (χ2v) is 39.5. The van der Waals surface area contributed by atoms with Crippen LogP contribution >= 0.6 is 0 Å². The summed E-state index contributed by atoms with van der Waals surface area (Å²) in [4.78, 5) is 0. The van der Waals surface area contributed by atoms with Gasteiger partial charge in [0.2, 0.25) is 0 Å². The normalized spacial score (nSPS) is 14.8. The predicted octanol–water partition coefficient (Wildman–Crippen LogP) is 33.8. The highest BCUT2D eigenvalue weighted by atomic mass is 14.6. The Morgan fingerprint density at radius 3 is 1.44 bits per heavy atom. The highest BCUT2D eigenvalue weighted by molar-refractivity contribution is 6.31. The number of hydrogen-bond donors (Lipinski definition) is 0. The Balaban J connectivity index is 0.934. The van der Waals surface area contributed by atoms with E-state index in [1.807, 2.05) is 0 Å². The van der Waals surface area contributed by atoms with E-state index in [1.54, 1.807) is 0 Å². The van der Waals surface area contributed by atoms with Crippen LogP contribution in [0.1, 0.15) is 91.7 Å². The Bertz CT molecular complexity index is 9900. The lowest BCUT2D eigenvalue weighted by atomic mass is 9.59. The minimum Gasteiger partial charge on any atom is -0.0619 e. The third-order valence-corrected chi connectivity index (χ3v) is 32.7. The number of rotatable bonds is 8. The van der Waals surface area contributed by atoms with E-state index >= 15 is 0 Å². The Kier molecular flexibility index (Phi) is 15.1. The van der Waals surface area contributed by atoms with Gasteiger partial charge in [-0.2, -0.15) is 0 Å². The molecular weight excluding hydrogens is 1630 g/mol. The number of benzene rings is 24. The van der Waals surface area contributed by atoms with Crippen LogP contribution in [0.5, 0.6) is 0 Å². The molecule has 0 saturated carbocycles. The van der Waals surface area contributed by atoms with E-state index in [0.717, 1.165) is 18.4 Å². The van der Waals surface area contributed by atoms with Crippen molar-refractivity contribution in [2.24, 2.45) is 0 Å². The van der Waals surface area contributed by atoms with E-state index in [4.69, 9.17) is 0 Å². The van der Waals surface area contributed by atoms with Crippen LogP contribution in [0, 0.1) is 0 Å². The topological polar surface area (TPSA) is 0 Å². The fraction of sp³-hybridized carbons (Fsp3) is 0.0441. The molecule has 0 aliphatic heterocycles. The first-order valence-electron chi connectivity index (χ1n) is 48.3. The van der Waals surface area contributed by atoms with Crippen molar-refractivity contribution in [2.75, 3.05) is 0 Å². The van der Waals surface area contributed by atoms with Gasteiger partial charge in [-0.3, -0.25) is 0 Å². The molecule has 0 amide bonds. The molecule has 0 aromatic heterocycles. The zero-order chi connectivity index (χ0) is 88.8. The predicted molar refractivity (Wildman–Crippen MR) is 573 cm³/mol. The summed E-state index contributed by atoms with van der Waals surface area (Å²) in [6.07, 6.45) is 6.67. The Morgan fingerprint density at radius 2 is 0.662 bits per heavy atom. The first kappa shape index (κ1) is 74.7. The lowest BCUT2D eigenvalue weighted by Crippen LogP contribution is -2.32. The van der Waals surface area contributed by atoms with Crippen LogP contribution < -0.4 is 10.4 Å². The summed E-state index contributed by atoms with van der Waals surface area (Å²) in [5, 5.41) is 24.3. The van der Waals surface area contributed by atoms with Gasteiger partial charge in [0.15, 0.2) is 0 Å². The quantitative estimate of drug-likeness (QED) is 0.105. The largest absolute Gasteiger partial charge is 0.0738 e. The summed E-state index contributed by atoms with van der Waals surface area (Å²) >= 11 is 0. The molecule has 0 N–H and O–H groups in total. The third-order valence-electron chi connectivity index (χ3n) is 32.7. The molecule has 0 nitrogen and oxygen atoms in total. The van der Waals surface area contributed by atoms with Gasteiger partial charge in [0.25, 0.3) is 0 Å². The summed E-state index contributed by atoms with van der Waals surface area (Å²) in [6.45, 7) is 5.10. The van der Waals surface area contributed by atoms with Crippen LogP contribution in [0.25, 0.3) is 243 Å². The number of hydrogen-bond acceptors (Lipinski definition) is 0. The molecule has 7 aliphatic rings. The summed E-state index contributed by atoms with van der Waals surface area (Å²) in [7, 11) is 0. The molecule has 24 aromatic carbocycles. The molecule has 24 aromatic rings. The van der Waals surface area contributed by atoms with Gasteiger partial charge in [-0.05, 0) is 368 Å². The molecule has 1 unspecified atom stereocenters. The highest BCUT2D eigenvalue weighted by Crippen LogP contribution is 2.72. The van der Waals surface area contributed by atoms with E-state index in [-0.39, 0.29) is 0 Å². The minimum atomic E-state index is -1.38. The molecular formula is C136H82. The maximum absolute atomic E-state index is 2.69. The molecule has 0 heteroatoms. The van der Waals surface area contributed by atoms with Gasteiger partial charge >= 0.3 is 0 Å². The zero-order valence-corrected chi connectivity index (χ0v) is 75.0. The second-order valence-electron chi connectivity index (χ2n) is 39.5. The van der Waals surface area contributed by atoms with Gasteiger partial charge in [0.05, 0.1) is 5.41 Å². The van der Waals surface area contributed by atoms with E-state index in [0.29, 0.717) is 0 Å². The molecule has 0 spiro atoms. The number of allylic oxidation sites excluding steroid dienone is 1. The third kappa shape index (κ3) is 9.86. The van der Waals surface area contributed by atoms with Crippen molar-refractivity contribution in [1.29, 1.82) is 0 Å². The lowest BCUT2D eigenvalue weighted by molar-refractivity contribution is 0.658. The summed E-state index contributed by atoms with van der Waals surface area (Å²) in [5.41, 5.74) is 45.6. The van der Waals surface area contributed by atoms with Crippen molar-refractivity contribution in [1.82, 2.24) is 0 Å². The van der Waals surface area contributed by atoms with Gasteiger partial charge in [-0.1, -0.05) is 414 Å². The van der Waals surface area contributed by atoms with Crippen molar-refractivity contribution < 1.29 is 0 Å². The summed E-state index contributed by atoms with van der Waals surface area (Å²) in [6, 6.07) is 168. The van der Waals surface area contributed by atoms with Crippen LogP contribution in [-0.4, -0.2) is 0 Å². The van der Waals surface area contributed by atoms with Crippen molar-refractivity contribution >= 4 is 120 Å². The minimum absolute atomic E-state index is 0.556. The van der Waals surface area contributed by atoms with Gasteiger partial charge in [-0.15, -0.1) is 0 Å². The fourth-order valence-electron chi connectivity index (χ4n) is 27.3. The molecule has 626 valence electrons. The second kappa shape index (κ2) is 27.4. The molecule has 0 saturated heterocycles. The van der Waals surface area contributed by atoms with Crippen LogP contribution in [0.4, 0.5) is 0 Å².